The van der Waals surface area contributed by atoms with Gasteiger partial charge in [0, 0.05) is 50.8 Å². The number of ketones is 1. The summed E-state index contributed by atoms with van der Waals surface area (Å²) in [5.41, 5.74) is -0.855. The van der Waals surface area contributed by atoms with Gasteiger partial charge in [0.25, 0.3) is 5.91 Å². The van der Waals surface area contributed by atoms with Crippen LogP contribution < -0.4 is 5.32 Å². The van der Waals surface area contributed by atoms with Gasteiger partial charge >= 0.3 is 17.9 Å². The van der Waals surface area contributed by atoms with Crippen molar-refractivity contribution in [3.63, 3.8) is 0 Å². The Hall–Kier alpha value is -4.10. The zero-order valence-corrected chi connectivity index (χ0v) is 29.4. The minimum atomic E-state index is -1.32. The number of anilines is 1. The van der Waals surface area contributed by atoms with Crippen molar-refractivity contribution >= 4 is 41.2 Å². The highest BCUT2D eigenvalue weighted by Gasteiger charge is 2.42. The highest BCUT2D eigenvalue weighted by molar-refractivity contribution is 6.38. The Morgan fingerprint density at radius 1 is 1.02 bits per heavy atom. The average Bonchev–Trinajstić information content (AvgIpc) is 3.07. The van der Waals surface area contributed by atoms with E-state index in [4.69, 9.17) is 18.9 Å². The van der Waals surface area contributed by atoms with E-state index in [-0.39, 0.29) is 31.9 Å². The number of Topliss-reactive ketones (excluding diaryl/α,β-unsaturated/α-hetero) is 1. The monoisotopic (exact) mass is 685 g/mol. The summed E-state index contributed by atoms with van der Waals surface area (Å²) < 4.78 is 21.9. The van der Waals surface area contributed by atoms with Crippen LogP contribution in [0.5, 0.6) is 0 Å². The number of carbonyl (C=O) groups excluding carboxylic acids is 6. The molecule has 2 atom stereocenters. The van der Waals surface area contributed by atoms with Crippen LogP contribution >= 0.6 is 0 Å². The predicted molar refractivity (Wildman–Crippen MR) is 180 cm³/mol. The molecule has 3 rings (SSSR count). The van der Waals surface area contributed by atoms with E-state index in [2.05, 4.69) is 16.8 Å². The first-order valence-electron chi connectivity index (χ1n) is 16.9. The van der Waals surface area contributed by atoms with Crippen LogP contribution in [-0.2, 0) is 47.7 Å². The number of ether oxygens (including phenoxy) is 4. The maximum atomic E-state index is 13.8. The van der Waals surface area contributed by atoms with Crippen molar-refractivity contribution in [2.45, 2.75) is 90.9 Å². The number of esters is 3. The normalized spacial score (nSPS) is 17.7. The molecule has 49 heavy (non-hydrogen) atoms. The number of nitrogens with one attached hydrogen (secondary N) is 1. The third kappa shape index (κ3) is 12.7. The summed E-state index contributed by atoms with van der Waals surface area (Å²) in [4.78, 5) is 80.4. The Morgan fingerprint density at radius 2 is 1.73 bits per heavy atom. The van der Waals surface area contributed by atoms with Crippen molar-refractivity contribution in [2.75, 3.05) is 51.3 Å². The number of hydrogen-bond donors (Lipinski definition) is 1. The second-order valence-corrected chi connectivity index (χ2v) is 14.0. The highest BCUT2D eigenvalue weighted by Crippen LogP contribution is 2.29. The highest BCUT2D eigenvalue weighted by atomic mass is 16.6. The van der Waals surface area contributed by atoms with E-state index in [0.29, 0.717) is 56.7 Å². The molecule has 2 saturated heterocycles. The van der Waals surface area contributed by atoms with Gasteiger partial charge in [-0.1, -0.05) is 18.7 Å². The van der Waals surface area contributed by atoms with Gasteiger partial charge in [0.1, 0.15) is 24.4 Å². The van der Waals surface area contributed by atoms with Crippen LogP contribution in [0.2, 0.25) is 0 Å². The van der Waals surface area contributed by atoms with Crippen LogP contribution in [0.15, 0.2) is 36.9 Å². The number of morpholine rings is 1. The molecule has 13 nitrogen and oxygen atoms in total. The molecule has 2 unspecified atom stereocenters. The number of piperidine rings is 1. The zero-order chi connectivity index (χ0) is 36.2. The lowest BCUT2D eigenvalue weighted by atomic mass is 9.87. The van der Waals surface area contributed by atoms with E-state index in [9.17, 15) is 28.8 Å². The number of nitrogens with zero attached hydrogens (tertiary/aromatic N) is 2. The molecule has 1 aromatic carbocycles. The molecule has 2 amide bonds. The molecule has 0 spiro atoms. The number of hydrogen-bond acceptors (Lipinski definition) is 11. The number of amides is 2. The molecular weight excluding hydrogens is 634 g/mol. The summed E-state index contributed by atoms with van der Waals surface area (Å²) in [6, 6.07) is 6.00. The van der Waals surface area contributed by atoms with Crippen molar-refractivity contribution in [1.29, 1.82) is 0 Å². The number of benzene rings is 1. The summed E-state index contributed by atoms with van der Waals surface area (Å²) in [7, 11) is 0. The van der Waals surface area contributed by atoms with E-state index in [1.54, 1.807) is 45.0 Å². The molecule has 0 bridgehead atoms. The Morgan fingerprint density at radius 3 is 2.41 bits per heavy atom. The zero-order valence-electron chi connectivity index (χ0n) is 29.4. The molecule has 13 heteroatoms. The number of likely N-dealkylation sites (tertiary alicyclic amines) is 1. The summed E-state index contributed by atoms with van der Waals surface area (Å²) in [5, 5.41) is 2.81. The van der Waals surface area contributed by atoms with Gasteiger partial charge in [0.15, 0.2) is 0 Å². The molecule has 2 aliphatic rings. The van der Waals surface area contributed by atoms with Gasteiger partial charge in [-0.25, -0.2) is 9.59 Å². The summed E-state index contributed by atoms with van der Waals surface area (Å²) in [5.74, 6) is -3.78. The molecule has 2 aliphatic heterocycles. The lowest BCUT2D eigenvalue weighted by Crippen LogP contribution is -2.53. The van der Waals surface area contributed by atoms with Gasteiger partial charge < -0.3 is 29.2 Å². The summed E-state index contributed by atoms with van der Waals surface area (Å²) in [6.07, 6.45) is 2.16. The smallest absolute Gasteiger partial charge is 0.330 e. The Bertz CT molecular complexity index is 1360. The first kappa shape index (κ1) is 39.3. The van der Waals surface area contributed by atoms with Gasteiger partial charge in [0.05, 0.1) is 25.0 Å². The summed E-state index contributed by atoms with van der Waals surface area (Å²) >= 11 is 0. The van der Waals surface area contributed by atoms with Crippen molar-refractivity contribution in [1.82, 2.24) is 9.80 Å². The molecule has 0 saturated carbocycles. The van der Waals surface area contributed by atoms with E-state index >= 15 is 0 Å². The van der Waals surface area contributed by atoms with Crippen LogP contribution in [0, 0.1) is 5.41 Å². The van der Waals surface area contributed by atoms with Crippen molar-refractivity contribution < 1.29 is 47.7 Å². The molecule has 1 aromatic rings. The van der Waals surface area contributed by atoms with Crippen LogP contribution in [0.4, 0.5) is 5.69 Å². The van der Waals surface area contributed by atoms with E-state index in [0.717, 1.165) is 19.2 Å². The molecule has 2 fully saturated rings. The Kier molecular flexibility index (Phi) is 14.5. The van der Waals surface area contributed by atoms with Gasteiger partial charge in [-0.2, -0.15) is 0 Å². The van der Waals surface area contributed by atoms with Crippen molar-refractivity contribution in [3.8, 4) is 0 Å². The van der Waals surface area contributed by atoms with Crippen molar-refractivity contribution in [2.24, 2.45) is 5.41 Å². The third-order valence-corrected chi connectivity index (χ3v) is 8.17. The molecule has 0 radical (unpaired) electrons. The molecule has 0 aliphatic carbocycles. The van der Waals surface area contributed by atoms with Gasteiger partial charge in [0.2, 0.25) is 11.7 Å². The van der Waals surface area contributed by atoms with Crippen molar-refractivity contribution in [3.05, 3.63) is 42.5 Å². The molecule has 1 N–H and O–H groups in total. The number of carbonyl (C=O) groups is 6. The van der Waals surface area contributed by atoms with E-state index in [1.165, 1.54) is 18.7 Å². The maximum absolute atomic E-state index is 13.8. The first-order valence-corrected chi connectivity index (χ1v) is 16.9. The van der Waals surface area contributed by atoms with Crippen LogP contribution in [0.3, 0.4) is 0 Å². The van der Waals surface area contributed by atoms with Crippen LogP contribution in [0.1, 0.15) is 84.8 Å². The van der Waals surface area contributed by atoms with Crippen LogP contribution in [-0.4, -0.2) is 103 Å². The average molecular weight is 686 g/mol. The van der Waals surface area contributed by atoms with Gasteiger partial charge in [-0.3, -0.25) is 24.1 Å². The molecular formula is C36H51N3O10. The second-order valence-electron chi connectivity index (χ2n) is 14.0. The fraction of sp³-hybridized carbons (Fsp3) is 0.611. The van der Waals surface area contributed by atoms with E-state index < -0.39 is 52.8 Å². The van der Waals surface area contributed by atoms with Gasteiger partial charge in [-0.15, -0.1) is 0 Å². The van der Waals surface area contributed by atoms with Crippen LogP contribution in [0.25, 0.3) is 0 Å². The quantitative estimate of drug-likeness (QED) is 0.124. The Labute approximate surface area is 288 Å². The SMILES string of the molecule is C=CC(=O)OCC(C)(C)C(=O)C(=O)N1CCCCC1C(=O)OC(CCN1CCOCC1)c1cccc(NC(=O)CCC(=O)OC(C)(C)C)c1. The van der Waals surface area contributed by atoms with E-state index in [1.807, 2.05) is 0 Å². The molecule has 0 aromatic heterocycles. The standard InChI is InChI=1S/C36H51N3O10/c1-7-30(41)47-24-36(5,6)32(43)33(44)39-17-9-8-13-27(39)34(45)48-28(16-18-38-19-21-46-22-20-38)25-11-10-12-26(23-25)37-29(40)14-15-31(42)49-35(2,3)4/h7,10-12,23,27-28H,1,8-9,13-22,24H2,2-6H3,(H,37,40). The largest absolute Gasteiger partial charge is 0.461 e. The topological polar surface area (TPSA) is 158 Å². The fourth-order valence-corrected chi connectivity index (χ4v) is 5.50. The second kappa shape index (κ2) is 18.1. The maximum Gasteiger partial charge on any atom is 0.330 e. The predicted octanol–water partition coefficient (Wildman–Crippen LogP) is 3.76. The lowest BCUT2D eigenvalue weighted by Gasteiger charge is -2.36. The first-order chi connectivity index (χ1) is 23.1. The molecule has 2 heterocycles. The minimum Gasteiger partial charge on any atom is -0.461 e. The number of rotatable bonds is 15. The summed E-state index contributed by atoms with van der Waals surface area (Å²) in [6.45, 7) is 14.8. The Balaban J connectivity index is 1.75. The van der Waals surface area contributed by atoms with Gasteiger partial charge in [-0.05, 0) is 71.6 Å². The lowest BCUT2D eigenvalue weighted by molar-refractivity contribution is -0.165. The molecule has 270 valence electrons. The minimum absolute atomic E-state index is 0.0632. The fourth-order valence-electron chi connectivity index (χ4n) is 5.50. The third-order valence-electron chi connectivity index (χ3n) is 8.17.